The van der Waals surface area contributed by atoms with Crippen LogP contribution >= 0.6 is 23.2 Å². The molecule has 1 aliphatic heterocycles. The van der Waals surface area contributed by atoms with E-state index in [0.717, 1.165) is 5.56 Å². The predicted octanol–water partition coefficient (Wildman–Crippen LogP) is 5.49. The first kappa shape index (κ1) is 21.7. The Hall–Kier alpha value is -2.54. The van der Waals surface area contributed by atoms with Gasteiger partial charge in [-0.15, -0.1) is 0 Å². The third-order valence-corrected chi connectivity index (χ3v) is 7.66. The topological polar surface area (TPSA) is 63.7 Å². The highest BCUT2D eigenvalue weighted by Gasteiger charge is 2.36. The van der Waals surface area contributed by atoms with Crippen molar-refractivity contribution in [3.63, 3.8) is 0 Å². The van der Waals surface area contributed by atoms with E-state index in [2.05, 4.69) is 0 Å². The van der Waals surface area contributed by atoms with Crippen LogP contribution in [0.15, 0.2) is 71.6 Å². The number of hydrogen-bond acceptors (Lipinski definition) is 4. The Morgan fingerprint density at radius 1 is 1.06 bits per heavy atom. The highest BCUT2D eigenvalue weighted by atomic mass is 35.5. The largest absolute Gasteiger partial charge is 0.457 e. The van der Waals surface area contributed by atoms with E-state index in [1.165, 1.54) is 28.6 Å². The number of para-hydroxylation sites is 1. The van der Waals surface area contributed by atoms with Crippen molar-refractivity contribution in [3.8, 4) is 0 Å². The first-order chi connectivity index (χ1) is 14.8. The van der Waals surface area contributed by atoms with Gasteiger partial charge >= 0.3 is 5.97 Å². The molecule has 0 saturated carbocycles. The number of carbonyl (C=O) groups excluding carboxylic acids is 1. The summed E-state index contributed by atoms with van der Waals surface area (Å²) in [7, 11) is -3.85. The molecule has 1 unspecified atom stereocenters. The van der Waals surface area contributed by atoms with Crippen LogP contribution in [0.4, 0.5) is 5.69 Å². The average Bonchev–Trinajstić information content (AvgIpc) is 3.09. The number of hydrogen-bond donors (Lipinski definition) is 0. The van der Waals surface area contributed by atoms with Crippen molar-refractivity contribution in [2.75, 3.05) is 4.31 Å². The molecule has 1 aliphatic rings. The molecule has 0 aromatic heterocycles. The molecule has 3 aromatic rings. The molecule has 4 rings (SSSR count). The molecule has 0 radical (unpaired) electrons. The molecule has 160 valence electrons. The molecular formula is C23H19Cl2NO4S. The minimum atomic E-state index is -3.85. The van der Waals surface area contributed by atoms with Gasteiger partial charge in [-0.25, -0.2) is 13.2 Å². The maximum atomic E-state index is 13.4. The highest BCUT2D eigenvalue weighted by Crippen LogP contribution is 2.36. The second-order valence-electron chi connectivity index (χ2n) is 7.32. The van der Waals surface area contributed by atoms with Crippen LogP contribution < -0.4 is 4.31 Å². The van der Waals surface area contributed by atoms with Crippen molar-refractivity contribution in [1.82, 2.24) is 0 Å². The van der Waals surface area contributed by atoms with Crippen molar-refractivity contribution in [2.45, 2.75) is 30.9 Å². The van der Waals surface area contributed by atoms with Crippen molar-refractivity contribution in [1.29, 1.82) is 0 Å². The minimum Gasteiger partial charge on any atom is -0.457 e. The van der Waals surface area contributed by atoms with E-state index < -0.39 is 16.0 Å². The maximum Gasteiger partial charge on any atom is 0.338 e. The molecule has 1 atom stereocenters. The van der Waals surface area contributed by atoms with Gasteiger partial charge in [-0.3, -0.25) is 4.31 Å². The Labute approximate surface area is 191 Å². The number of benzene rings is 3. The maximum absolute atomic E-state index is 13.4. The molecule has 0 aliphatic carbocycles. The summed E-state index contributed by atoms with van der Waals surface area (Å²) >= 11 is 12.0. The molecule has 0 saturated heterocycles. The summed E-state index contributed by atoms with van der Waals surface area (Å²) in [6.07, 6.45) is 0.638. The normalized spacial score (nSPS) is 15.6. The lowest BCUT2D eigenvalue weighted by Gasteiger charge is -2.24. The van der Waals surface area contributed by atoms with Crippen LogP contribution in [-0.2, 0) is 27.8 Å². The molecule has 31 heavy (non-hydrogen) atoms. The van der Waals surface area contributed by atoms with Crippen molar-refractivity contribution >= 4 is 44.9 Å². The monoisotopic (exact) mass is 475 g/mol. The summed E-state index contributed by atoms with van der Waals surface area (Å²) in [4.78, 5) is 12.6. The van der Waals surface area contributed by atoms with Gasteiger partial charge in [0, 0.05) is 21.7 Å². The van der Waals surface area contributed by atoms with Crippen LogP contribution in [0.3, 0.4) is 0 Å². The molecule has 3 aromatic carbocycles. The van der Waals surface area contributed by atoms with Gasteiger partial charge in [-0.05, 0) is 55.3 Å². The first-order valence-corrected chi connectivity index (χ1v) is 11.8. The second kappa shape index (κ2) is 8.54. The average molecular weight is 476 g/mol. The van der Waals surface area contributed by atoms with E-state index in [1.807, 2.05) is 25.1 Å². The Morgan fingerprint density at radius 2 is 1.84 bits per heavy atom. The number of nitrogens with zero attached hydrogens (tertiary/aromatic N) is 1. The SMILES string of the molecule is CC1Cc2ccccc2N1S(=O)(=O)c1cccc(C(=O)OCc2ccc(Cl)cc2Cl)c1. The van der Waals surface area contributed by atoms with Crippen LogP contribution in [0.1, 0.15) is 28.4 Å². The van der Waals surface area contributed by atoms with Gasteiger partial charge in [0.05, 0.1) is 16.1 Å². The molecule has 8 heteroatoms. The van der Waals surface area contributed by atoms with Gasteiger partial charge in [0.1, 0.15) is 6.61 Å². The zero-order valence-electron chi connectivity index (χ0n) is 16.6. The number of halogens is 2. The van der Waals surface area contributed by atoms with Gasteiger partial charge in [0.2, 0.25) is 0 Å². The number of ether oxygens (including phenoxy) is 1. The Bertz CT molecular complexity index is 1260. The van der Waals surface area contributed by atoms with Crippen molar-refractivity contribution < 1.29 is 17.9 Å². The van der Waals surface area contributed by atoms with Crippen LogP contribution in [0, 0.1) is 0 Å². The van der Waals surface area contributed by atoms with Gasteiger partial charge in [-0.1, -0.05) is 53.5 Å². The van der Waals surface area contributed by atoms with Gasteiger partial charge in [-0.2, -0.15) is 0 Å². The van der Waals surface area contributed by atoms with Gasteiger partial charge in [0.15, 0.2) is 0 Å². The first-order valence-electron chi connectivity index (χ1n) is 9.61. The van der Waals surface area contributed by atoms with E-state index >= 15 is 0 Å². The quantitative estimate of drug-likeness (QED) is 0.457. The van der Waals surface area contributed by atoms with E-state index in [4.69, 9.17) is 27.9 Å². The number of rotatable bonds is 5. The third kappa shape index (κ3) is 4.28. The van der Waals surface area contributed by atoms with Crippen LogP contribution in [-0.4, -0.2) is 20.4 Å². The predicted molar refractivity (Wildman–Crippen MR) is 121 cm³/mol. The Morgan fingerprint density at radius 3 is 2.61 bits per heavy atom. The standard InChI is InChI=1S/C23H19Cl2NO4S/c1-15-11-16-5-2-3-8-22(16)26(15)31(28,29)20-7-4-6-17(12-20)23(27)30-14-18-9-10-19(24)13-21(18)25/h2-10,12-13,15H,11,14H2,1H3. The molecule has 0 amide bonds. The highest BCUT2D eigenvalue weighted by molar-refractivity contribution is 7.92. The fourth-order valence-corrected chi connectivity index (χ4v) is 5.87. The molecule has 0 fully saturated rings. The zero-order valence-corrected chi connectivity index (χ0v) is 18.9. The van der Waals surface area contributed by atoms with Crippen LogP contribution in [0.2, 0.25) is 10.0 Å². The summed E-state index contributed by atoms with van der Waals surface area (Å²) in [5.74, 6) is -0.641. The fraction of sp³-hybridized carbons (Fsp3) is 0.174. The number of carbonyl (C=O) groups is 1. The van der Waals surface area contributed by atoms with Crippen LogP contribution in [0.5, 0.6) is 0 Å². The molecule has 5 nitrogen and oxygen atoms in total. The smallest absolute Gasteiger partial charge is 0.338 e. The number of sulfonamides is 1. The number of fused-ring (bicyclic) bond motifs is 1. The number of anilines is 1. The van der Waals surface area contributed by atoms with Crippen molar-refractivity contribution in [2.24, 2.45) is 0 Å². The lowest BCUT2D eigenvalue weighted by atomic mass is 10.1. The van der Waals surface area contributed by atoms with E-state index in [1.54, 1.807) is 24.3 Å². The summed E-state index contributed by atoms with van der Waals surface area (Å²) < 4.78 is 33.5. The molecule has 0 spiro atoms. The summed E-state index contributed by atoms with van der Waals surface area (Å²) in [5, 5.41) is 0.869. The Kier molecular flexibility index (Phi) is 5.97. The van der Waals surface area contributed by atoms with E-state index in [-0.39, 0.29) is 23.1 Å². The summed E-state index contributed by atoms with van der Waals surface area (Å²) in [6.45, 7) is 1.81. The van der Waals surface area contributed by atoms with Crippen molar-refractivity contribution in [3.05, 3.63) is 93.5 Å². The van der Waals surface area contributed by atoms with Crippen LogP contribution in [0.25, 0.3) is 0 Å². The van der Waals surface area contributed by atoms with Gasteiger partial charge in [0.25, 0.3) is 10.0 Å². The van der Waals surface area contributed by atoms with E-state index in [0.29, 0.717) is 27.7 Å². The number of esters is 1. The lowest BCUT2D eigenvalue weighted by molar-refractivity contribution is 0.0472. The van der Waals surface area contributed by atoms with Gasteiger partial charge < -0.3 is 4.74 Å². The second-order valence-corrected chi connectivity index (χ2v) is 9.98. The fourth-order valence-electron chi connectivity index (χ4n) is 3.67. The summed E-state index contributed by atoms with van der Waals surface area (Å²) in [5.41, 5.74) is 2.39. The Balaban J connectivity index is 1.57. The molecular weight excluding hydrogens is 457 g/mol. The zero-order chi connectivity index (χ0) is 22.2. The third-order valence-electron chi connectivity index (χ3n) is 5.15. The summed E-state index contributed by atoms with van der Waals surface area (Å²) in [6, 6.07) is 18.0. The molecule has 0 N–H and O–H groups in total. The van der Waals surface area contributed by atoms with E-state index in [9.17, 15) is 13.2 Å². The minimum absolute atomic E-state index is 0.0371. The molecule has 1 heterocycles. The lowest BCUT2D eigenvalue weighted by Crippen LogP contribution is -2.35. The molecule has 0 bridgehead atoms.